The number of carbonyl (C=O) groups is 3. The van der Waals surface area contributed by atoms with E-state index in [2.05, 4.69) is 10.6 Å². The average molecular weight is 293 g/mol. The van der Waals surface area contributed by atoms with Crippen LogP contribution in [0.25, 0.3) is 0 Å². The maximum absolute atomic E-state index is 12.8. The van der Waals surface area contributed by atoms with Gasteiger partial charge in [0.2, 0.25) is 17.7 Å². The van der Waals surface area contributed by atoms with Crippen molar-refractivity contribution in [2.75, 3.05) is 0 Å². The van der Waals surface area contributed by atoms with E-state index >= 15 is 0 Å². The molecule has 3 amide bonds. The van der Waals surface area contributed by atoms with Crippen LogP contribution in [0, 0.1) is 5.82 Å². The molecular formula is C14H16FN3O3. The first-order chi connectivity index (χ1) is 9.95. The van der Waals surface area contributed by atoms with Crippen molar-refractivity contribution in [1.82, 2.24) is 10.6 Å². The highest BCUT2D eigenvalue weighted by molar-refractivity contribution is 5.93. The highest BCUT2D eigenvalue weighted by atomic mass is 19.1. The number of primary amides is 1. The van der Waals surface area contributed by atoms with E-state index < -0.39 is 23.9 Å². The van der Waals surface area contributed by atoms with Gasteiger partial charge in [0.1, 0.15) is 17.9 Å². The van der Waals surface area contributed by atoms with Crippen LogP contribution in [0.15, 0.2) is 24.3 Å². The van der Waals surface area contributed by atoms with E-state index in [0.717, 1.165) is 0 Å². The zero-order valence-electron chi connectivity index (χ0n) is 11.3. The highest BCUT2D eigenvalue weighted by Gasteiger charge is 2.29. The first kappa shape index (κ1) is 15.0. The standard InChI is InChI=1S/C14H16FN3O3/c15-9-3-1-8(2-4-9)7-11(13(16)20)18-14(21)10-5-6-12(19)17-10/h1-4,10-11H,5-7H2,(H2,16,20)(H,17,19)(H,18,21)/t10-,11-/m1/s1. The van der Waals surface area contributed by atoms with E-state index in [-0.39, 0.29) is 24.6 Å². The van der Waals surface area contributed by atoms with Gasteiger partial charge in [-0.25, -0.2) is 4.39 Å². The van der Waals surface area contributed by atoms with Gasteiger partial charge < -0.3 is 16.4 Å². The van der Waals surface area contributed by atoms with Crippen molar-refractivity contribution in [2.45, 2.75) is 31.3 Å². The Morgan fingerprint density at radius 2 is 2.05 bits per heavy atom. The van der Waals surface area contributed by atoms with Crippen LogP contribution >= 0.6 is 0 Å². The second kappa shape index (κ2) is 6.34. The van der Waals surface area contributed by atoms with Crippen molar-refractivity contribution in [2.24, 2.45) is 5.73 Å². The topological polar surface area (TPSA) is 101 Å². The Balaban J connectivity index is 1.99. The molecule has 0 saturated carbocycles. The highest BCUT2D eigenvalue weighted by Crippen LogP contribution is 2.09. The predicted octanol–water partition coefficient (Wildman–Crippen LogP) is -0.383. The molecule has 21 heavy (non-hydrogen) atoms. The minimum absolute atomic E-state index is 0.169. The van der Waals surface area contributed by atoms with Gasteiger partial charge in [-0.3, -0.25) is 14.4 Å². The van der Waals surface area contributed by atoms with Crippen LogP contribution in [0.4, 0.5) is 4.39 Å². The molecule has 0 aliphatic carbocycles. The maximum Gasteiger partial charge on any atom is 0.243 e. The van der Waals surface area contributed by atoms with E-state index in [4.69, 9.17) is 5.73 Å². The van der Waals surface area contributed by atoms with Gasteiger partial charge in [0, 0.05) is 12.8 Å². The van der Waals surface area contributed by atoms with E-state index in [1.807, 2.05) is 0 Å². The van der Waals surface area contributed by atoms with E-state index in [9.17, 15) is 18.8 Å². The Morgan fingerprint density at radius 3 is 2.57 bits per heavy atom. The van der Waals surface area contributed by atoms with Crippen molar-refractivity contribution in [3.05, 3.63) is 35.6 Å². The predicted molar refractivity (Wildman–Crippen MR) is 72.4 cm³/mol. The summed E-state index contributed by atoms with van der Waals surface area (Å²) in [6.45, 7) is 0. The number of nitrogens with one attached hydrogen (secondary N) is 2. The van der Waals surface area contributed by atoms with E-state index in [1.54, 1.807) is 0 Å². The van der Waals surface area contributed by atoms with Crippen LogP contribution in [0.5, 0.6) is 0 Å². The maximum atomic E-state index is 12.8. The van der Waals surface area contributed by atoms with Crippen molar-refractivity contribution >= 4 is 17.7 Å². The second-order valence-corrected chi connectivity index (χ2v) is 4.95. The molecule has 0 bridgehead atoms. The van der Waals surface area contributed by atoms with Gasteiger partial charge in [0.25, 0.3) is 0 Å². The number of hydrogen-bond acceptors (Lipinski definition) is 3. The van der Waals surface area contributed by atoms with Crippen LogP contribution in [-0.4, -0.2) is 29.8 Å². The smallest absolute Gasteiger partial charge is 0.243 e. The summed E-state index contributed by atoms with van der Waals surface area (Å²) in [6, 6.07) is 4.05. The fourth-order valence-corrected chi connectivity index (χ4v) is 2.16. The van der Waals surface area contributed by atoms with Gasteiger partial charge in [0.15, 0.2) is 0 Å². The molecule has 0 spiro atoms. The first-order valence-corrected chi connectivity index (χ1v) is 6.59. The molecule has 1 aliphatic rings. The normalized spacial score (nSPS) is 18.9. The Hall–Kier alpha value is -2.44. The Kier molecular flexibility index (Phi) is 4.52. The minimum atomic E-state index is -0.902. The average Bonchev–Trinajstić information content (AvgIpc) is 2.87. The van der Waals surface area contributed by atoms with Gasteiger partial charge in [-0.15, -0.1) is 0 Å². The largest absolute Gasteiger partial charge is 0.368 e. The molecule has 4 N–H and O–H groups in total. The lowest BCUT2D eigenvalue weighted by atomic mass is 10.0. The van der Waals surface area contributed by atoms with Crippen molar-refractivity contribution in [1.29, 1.82) is 0 Å². The number of halogens is 1. The third kappa shape index (κ3) is 4.01. The van der Waals surface area contributed by atoms with Crippen molar-refractivity contribution in [3.8, 4) is 0 Å². The van der Waals surface area contributed by atoms with Gasteiger partial charge in [-0.2, -0.15) is 0 Å². The Labute approximate surface area is 120 Å². The molecule has 2 atom stereocenters. The summed E-state index contributed by atoms with van der Waals surface area (Å²) < 4.78 is 12.8. The summed E-state index contributed by atoms with van der Waals surface area (Å²) in [5.41, 5.74) is 5.95. The molecule has 6 nitrogen and oxygen atoms in total. The Morgan fingerprint density at radius 1 is 1.38 bits per heavy atom. The Bertz CT molecular complexity index is 559. The van der Waals surface area contributed by atoms with Crippen LogP contribution in [0.1, 0.15) is 18.4 Å². The summed E-state index contributed by atoms with van der Waals surface area (Å²) in [6.07, 6.45) is 0.853. The first-order valence-electron chi connectivity index (χ1n) is 6.59. The number of benzene rings is 1. The number of carbonyl (C=O) groups excluding carboxylic acids is 3. The number of amides is 3. The zero-order valence-corrected chi connectivity index (χ0v) is 11.3. The van der Waals surface area contributed by atoms with Gasteiger partial charge in [-0.1, -0.05) is 12.1 Å². The molecule has 1 saturated heterocycles. The van der Waals surface area contributed by atoms with E-state index in [1.165, 1.54) is 24.3 Å². The molecular weight excluding hydrogens is 277 g/mol. The SMILES string of the molecule is NC(=O)[C@@H](Cc1ccc(F)cc1)NC(=O)[C@H]1CCC(=O)N1. The minimum Gasteiger partial charge on any atom is -0.368 e. The van der Waals surface area contributed by atoms with Crippen LogP contribution in [0.2, 0.25) is 0 Å². The second-order valence-electron chi connectivity index (χ2n) is 4.95. The molecule has 2 rings (SSSR count). The number of hydrogen-bond donors (Lipinski definition) is 3. The molecule has 1 aromatic rings. The molecule has 112 valence electrons. The molecule has 1 aliphatic heterocycles. The van der Waals surface area contributed by atoms with Crippen molar-refractivity contribution in [3.63, 3.8) is 0 Å². The summed E-state index contributed by atoms with van der Waals surface area (Å²) in [4.78, 5) is 34.5. The third-order valence-corrected chi connectivity index (χ3v) is 3.32. The monoisotopic (exact) mass is 293 g/mol. The molecule has 0 unspecified atom stereocenters. The lowest BCUT2D eigenvalue weighted by molar-refractivity contribution is -0.129. The third-order valence-electron chi connectivity index (χ3n) is 3.32. The van der Waals surface area contributed by atoms with Gasteiger partial charge >= 0.3 is 0 Å². The lowest BCUT2D eigenvalue weighted by Crippen LogP contribution is -2.51. The molecule has 0 radical (unpaired) electrons. The fraction of sp³-hybridized carbons (Fsp3) is 0.357. The summed E-state index contributed by atoms with van der Waals surface area (Å²) >= 11 is 0. The molecule has 1 aromatic carbocycles. The van der Waals surface area contributed by atoms with E-state index in [0.29, 0.717) is 12.0 Å². The molecule has 1 heterocycles. The molecule has 7 heteroatoms. The van der Waals surface area contributed by atoms with Crippen LogP contribution in [0.3, 0.4) is 0 Å². The number of rotatable bonds is 5. The van der Waals surface area contributed by atoms with Crippen molar-refractivity contribution < 1.29 is 18.8 Å². The van der Waals surface area contributed by atoms with Crippen LogP contribution < -0.4 is 16.4 Å². The number of nitrogens with two attached hydrogens (primary N) is 1. The fourth-order valence-electron chi connectivity index (χ4n) is 2.16. The van der Waals surface area contributed by atoms with Gasteiger partial charge in [0.05, 0.1) is 0 Å². The summed E-state index contributed by atoms with van der Waals surface area (Å²) in [5, 5.41) is 5.04. The zero-order chi connectivity index (χ0) is 15.4. The summed E-state index contributed by atoms with van der Waals surface area (Å²) in [5.74, 6) is -1.69. The summed E-state index contributed by atoms with van der Waals surface area (Å²) in [7, 11) is 0. The van der Waals surface area contributed by atoms with Gasteiger partial charge in [-0.05, 0) is 24.1 Å². The molecule has 0 aromatic heterocycles. The van der Waals surface area contributed by atoms with Crippen LogP contribution in [-0.2, 0) is 20.8 Å². The molecule has 1 fully saturated rings. The quantitative estimate of drug-likeness (QED) is 0.689. The lowest BCUT2D eigenvalue weighted by Gasteiger charge is -2.18.